The van der Waals surface area contributed by atoms with Crippen LogP contribution in [-0.2, 0) is 23.7 Å². The molecule has 1 aliphatic rings. The fraction of sp³-hybridized carbons (Fsp3) is 0.667. The Kier molecular flexibility index (Phi) is 7.48. The third-order valence-electron chi connectivity index (χ3n) is 5.14. The molecular formula is C18H27N5O8. The summed E-state index contributed by atoms with van der Waals surface area (Å²) in [5, 5.41) is 20.4. The van der Waals surface area contributed by atoms with Crippen LogP contribution in [0.25, 0.3) is 11.2 Å². The van der Waals surface area contributed by atoms with E-state index in [1.165, 1.54) is 27.5 Å². The number of anilines is 1. The van der Waals surface area contributed by atoms with Crippen molar-refractivity contribution in [3.63, 3.8) is 0 Å². The number of methoxy groups -OCH3 is 3. The number of fused-ring (bicyclic) bond motifs is 1. The van der Waals surface area contributed by atoms with Crippen molar-refractivity contribution in [3.05, 3.63) is 22.2 Å². The van der Waals surface area contributed by atoms with E-state index >= 15 is 0 Å². The molecule has 1 aliphatic heterocycles. The number of rotatable bonds is 8. The van der Waals surface area contributed by atoms with Crippen molar-refractivity contribution < 1.29 is 33.9 Å². The van der Waals surface area contributed by atoms with E-state index in [0.717, 1.165) is 0 Å². The SMILES string of the molecule is CO[C@@H]1[C@@H](OC)[C@H](CO)O[C@@H](O[C@@H](C)[C@H](O)c2cnc3nc(N)[nH]c(=O)c3n2)[C@@H]1OC. The first kappa shape index (κ1) is 23.4. The van der Waals surface area contributed by atoms with Gasteiger partial charge in [-0.15, -0.1) is 0 Å². The van der Waals surface area contributed by atoms with Crippen molar-refractivity contribution in [2.45, 2.75) is 49.8 Å². The topological polar surface area (TPSA) is 184 Å². The number of hydrogen-bond donors (Lipinski definition) is 4. The molecule has 31 heavy (non-hydrogen) atoms. The lowest BCUT2D eigenvalue weighted by molar-refractivity contribution is -0.325. The second kappa shape index (κ2) is 9.91. The van der Waals surface area contributed by atoms with Crippen molar-refractivity contribution in [2.24, 2.45) is 0 Å². The van der Waals surface area contributed by atoms with Gasteiger partial charge in [-0.3, -0.25) is 9.78 Å². The van der Waals surface area contributed by atoms with Crippen LogP contribution in [0.5, 0.6) is 0 Å². The molecule has 13 nitrogen and oxygen atoms in total. The predicted molar refractivity (Wildman–Crippen MR) is 106 cm³/mol. The molecule has 5 N–H and O–H groups in total. The second-order valence-electron chi connectivity index (χ2n) is 7.03. The molecule has 0 aliphatic carbocycles. The van der Waals surface area contributed by atoms with Crippen molar-refractivity contribution in [2.75, 3.05) is 33.7 Å². The van der Waals surface area contributed by atoms with Gasteiger partial charge in [0.25, 0.3) is 5.56 Å². The Morgan fingerprint density at radius 3 is 2.48 bits per heavy atom. The average molecular weight is 441 g/mol. The standard InChI is InChI=1S/C18H27N5O8/c1-7(11(25)8-5-20-15-10(21-8)16(26)23-18(19)22-15)30-17-14(29-4)13(28-3)12(27-2)9(6-24)31-17/h5,7,9,11-14,17,24-25H,6H2,1-4H3,(H3,19,20,22,23,26)/t7-,9-,11-,12-,13+,14+,17+/m0/s1. The number of nitrogens with two attached hydrogens (primary N) is 1. The highest BCUT2D eigenvalue weighted by Gasteiger charge is 2.48. The summed E-state index contributed by atoms with van der Waals surface area (Å²) in [5.41, 5.74) is 5.01. The summed E-state index contributed by atoms with van der Waals surface area (Å²) in [6, 6.07) is 0. The number of aromatic amines is 1. The van der Waals surface area contributed by atoms with Gasteiger partial charge < -0.3 is 39.6 Å². The minimum Gasteiger partial charge on any atom is -0.394 e. The summed E-state index contributed by atoms with van der Waals surface area (Å²) in [6.45, 7) is 1.26. The predicted octanol–water partition coefficient (Wildman–Crippen LogP) is -1.50. The molecule has 13 heteroatoms. The lowest BCUT2D eigenvalue weighted by Gasteiger charge is -2.45. The normalized spacial score (nSPS) is 28.5. The number of aliphatic hydroxyl groups is 2. The van der Waals surface area contributed by atoms with E-state index in [2.05, 4.69) is 19.9 Å². The molecule has 1 fully saturated rings. The van der Waals surface area contributed by atoms with E-state index in [1.807, 2.05) is 0 Å². The fourth-order valence-corrected chi connectivity index (χ4v) is 3.55. The quantitative estimate of drug-likeness (QED) is 0.372. The summed E-state index contributed by atoms with van der Waals surface area (Å²) in [7, 11) is 4.43. The van der Waals surface area contributed by atoms with Crippen LogP contribution in [0.2, 0.25) is 0 Å². The highest BCUT2D eigenvalue weighted by atomic mass is 16.7. The molecule has 0 unspecified atom stereocenters. The maximum atomic E-state index is 12.1. The Hall–Kier alpha value is -2.26. The number of nitrogens with one attached hydrogen (secondary N) is 1. The molecule has 7 atom stereocenters. The van der Waals surface area contributed by atoms with Crippen LogP contribution in [0.15, 0.2) is 11.0 Å². The lowest BCUT2D eigenvalue weighted by atomic mass is 9.98. The van der Waals surface area contributed by atoms with E-state index in [0.29, 0.717) is 0 Å². The third kappa shape index (κ3) is 4.67. The number of aromatic nitrogens is 4. The molecular weight excluding hydrogens is 414 g/mol. The monoisotopic (exact) mass is 441 g/mol. The molecule has 0 amide bonds. The van der Waals surface area contributed by atoms with Gasteiger partial charge in [0.1, 0.15) is 30.5 Å². The van der Waals surface area contributed by atoms with Gasteiger partial charge in [0, 0.05) is 21.3 Å². The third-order valence-corrected chi connectivity index (χ3v) is 5.14. The smallest absolute Gasteiger partial charge is 0.280 e. The van der Waals surface area contributed by atoms with Crippen LogP contribution in [0, 0.1) is 0 Å². The van der Waals surface area contributed by atoms with Crippen LogP contribution in [0.4, 0.5) is 5.95 Å². The first-order valence-electron chi connectivity index (χ1n) is 9.55. The van der Waals surface area contributed by atoms with Crippen LogP contribution < -0.4 is 11.3 Å². The van der Waals surface area contributed by atoms with E-state index in [4.69, 9.17) is 29.4 Å². The first-order valence-corrected chi connectivity index (χ1v) is 9.55. The molecule has 0 radical (unpaired) electrons. The van der Waals surface area contributed by atoms with E-state index < -0.39 is 48.5 Å². The lowest BCUT2D eigenvalue weighted by Crippen LogP contribution is -2.61. The van der Waals surface area contributed by atoms with Crippen molar-refractivity contribution >= 4 is 17.1 Å². The summed E-state index contributed by atoms with van der Waals surface area (Å²) >= 11 is 0. The second-order valence-corrected chi connectivity index (χ2v) is 7.03. The van der Waals surface area contributed by atoms with Gasteiger partial charge in [-0.25, -0.2) is 9.97 Å². The first-order chi connectivity index (χ1) is 14.8. The Bertz CT molecular complexity index is 943. The molecule has 0 spiro atoms. The Morgan fingerprint density at radius 2 is 1.87 bits per heavy atom. The Labute approximate surface area is 177 Å². The summed E-state index contributed by atoms with van der Waals surface area (Å²) in [4.78, 5) is 26.5. The van der Waals surface area contributed by atoms with Gasteiger partial charge in [0.2, 0.25) is 5.95 Å². The minimum absolute atomic E-state index is 0.0557. The summed E-state index contributed by atoms with van der Waals surface area (Å²) in [5.74, 6) is -0.0858. The van der Waals surface area contributed by atoms with Gasteiger partial charge >= 0.3 is 0 Å². The van der Waals surface area contributed by atoms with E-state index in [1.54, 1.807) is 6.92 Å². The zero-order valence-corrected chi connectivity index (χ0v) is 17.6. The number of ether oxygens (including phenoxy) is 5. The number of H-pyrrole nitrogens is 1. The highest BCUT2D eigenvalue weighted by molar-refractivity contribution is 5.69. The van der Waals surface area contributed by atoms with Crippen molar-refractivity contribution in [3.8, 4) is 0 Å². The van der Waals surface area contributed by atoms with Crippen LogP contribution in [0.3, 0.4) is 0 Å². The number of nitrogens with zero attached hydrogens (tertiary/aromatic N) is 3. The molecule has 0 aromatic carbocycles. The van der Waals surface area contributed by atoms with Crippen molar-refractivity contribution in [1.82, 2.24) is 19.9 Å². The molecule has 172 valence electrons. The van der Waals surface area contributed by atoms with Crippen molar-refractivity contribution in [1.29, 1.82) is 0 Å². The van der Waals surface area contributed by atoms with E-state index in [9.17, 15) is 15.0 Å². The summed E-state index contributed by atoms with van der Waals surface area (Å²) < 4.78 is 28.1. The van der Waals surface area contributed by atoms with Gasteiger partial charge in [0.15, 0.2) is 17.5 Å². The number of aliphatic hydroxyl groups excluding tert-OH is 2. The Balaban J connectivity index is 1.81. The fourth-order valence-electron chi connectivity index (χ4n) is 3.55. The maximum Gasteiger partial charge on any atom is 0.280 e. The summed E-state index contributed by atoms with van der Waals surface area (Å²) in [6.07, 6.45) is -4.43. The van der Waals surface area contributed by atoms with Crippen LogP contribution in [0.1, 0.15) is 18.7 Å². The largest absolute Gasteiger partial charge is 0.394 e. The highest BCUT2D eigenvalue weighted by Crippen LogP contribution is 2.30. The number of nitrogen functional groups attached to an aromatic ring is 1. The zero-order chi connectivity index (χ0) is 22.7. The van der Waals surface area contributed by atoms with Gasteiger partial charge in [0.05, 0.1) is 24.6 Å². The molecule has 0 bridgehead atoms. The van der Waals surface area contributed by atoms with Gasteiger partial charge in [-0.2, -0.15) is 4.98 Å². The molecule has 3 heterocycles. The number of hydrogen-bond acceptors (Lipinski definition) is 12. The van der Waals surface area contributed by atoms with Gasteiger partial charge in [-0.05, 0) is 6.92 Å². The maximum absolute atomic E-state index is 12.1. The van der Waals surface area contributed by atoms with Gasteiger partial charge in [-0.1, -0.05) is 0 Å². The Morgan fingerprint density at radius 1 is 1.19 bits per heavy atom. The van der Waals surface area contributed by atoms with E-state index in [-0.39, 0.29) is 29.4 Å². The van der Waals surface area contributed by atoms with Crippen LogP contribution >= 0.6 is 0 Å². The molecule has 2 aromatic heterocycles. The minimum atomic E-state index is -1.26. The molecule has 1 saturated heterocycles. The molecule has 3 rings (SSSR count). The van der Waals surface area contributed by atoms with Crippen LogP contribution in [-0.4, -0.2) is 94.9 Å². The zero-order valence-electron chi connectivity index (χ0n) is 17.6. The average Bonchev–Trinajstić information content (AvgIpc) is 2.77. The molecule has 0 saturated carbocycles. The molecule has 2 aromatic rings.